The number of carbonyl (C=O) groups excluding carboxylic acids is 1. The first-order valence-corrected chi connectivity index (χ1v) is 6.92. The van der Waals surface area contributed by atoms with Crippen LogP contribution in [0.4, 0.5) is 0 Å². The summed E-state index contributed by atoms with van der Waals surface area (Å²) in [6.45, 7) is 5.08. The van der Waals surface area contributed by atoms with E-state index >= 15 is 0 Å². The number of nitrogens with zero attached hydrogens (tertiary/aromatic N) is 2. The zero-order valence-corrected chi connectivity index (χ0v) is 11.9. The molecule has 0 aliphatic carbocycles. The van der Waals surface area contributed by atoms with E-state index in [1.54, 1.807) is 4.90 Å². The van der Waals surface area contributed by atoms with Gasteiger partial charge in [-0.2, -0.15) is 0 Å². The van der Waals surface area contributed by atoms with Crippen molar-refractivity contribution >= 4 is 28.4 Å². The van der Waals surface area contributed by atoms with Gasteiger partial charge in [0.05, 0.1) is 11.1 Å². The summed E-state index contributed by atoms with van der Waals surface area (Å²) in [6.07, 6.45) is 0. The Kier molecular flexibility index (Phi) is 4.38. The third-order valence-corrected chi connectivity index (χ3v) is 3.27. The van der Waals surface area contributed by atoms with Crippen LogP contribution in [0.2, 0.25) is 0 Å². The Morgan fingerprint density at radius 3 is 2.79 bits per heavy atom. The number of fused-ring (bicyclic) bond motifs is 1. The average molecular weight is 277 g/mol. The molecule has 0 spiro atoms. The Bertz CT molecular complexity index is 598. The molecule has 4 heteroatoms. The predicted octanol–water partition coefficient (Wildman–Crippen LogP) is 3.24. The number of hydrogen-bond acceptors (Lipinski definition) is 2. The summed E-state index contributed by atoms with van der Waals surface area (Å²) >= 11 is 5.75. The lowest BCUT2D eigenvalue weighted by Crippen LogP contribution is -2.32. The molecule has 2 rings (SSSR count). The van der Waals surface area contributed by atoms with E-state index in [0.717, 1.165) is 16.6 Å². The molecule has 0 aliphatic rings. The number of alkyl halides is 1. The van der Waals surface area contributed by atoms with Crippen molar-refractivity contribution in [3.8, 4) is 0 Å². The van der Waals surface area contributed by atoms with E-state index in [1.165, 1.54) is 0 Å². The third-order valence-electron chi connectivity index (χ3n) is 3.10. The lowest BCUT2D eigenvalue weighted by molar-refractivity contribution is 0.0776. The number of aromatic nitrogens is 1. The van der Waals surface area contributed by atoms with Crippen molar-refractivity contribution in [1.29, 1.82) is 0 Å². The maximum absolute atomic E-state index is 12.6. The summed E-state index contributed by atoms with van der Waals surface area (Å²) < 4.78 is 0. The van der Waals surface area contributed by atoms with E-state index in [1.807, 2.05) is 44.2 Å². The molecule has 0 saturated heterocycles. The molecule has 1 aromatic heterocycles. The zero-order chi connectivity index (χ0) is 13.8. The van der Waals surface area contributed by atoms with Gasteiger partial charge in [-0.05, 0) is 26.0 Å². The maximum atomic E-state index is 12.6. The number of aryl methyl sites for hydroxylation is 1. The van der Waals surface area contributed by atoms with Crippen LogP contribution in [0.25, 0.3) is 10.9 Å². The van der Waals surface area contributed by atoms with Crippen LogP contribution in [-0.4, -0.2) is 34.8 Å². The Morgan fingerprint density at radius 1 is 1.37 bits per heavy atom. The van der Waals surface area contributed by atoms with Crippen molar-refractivity contribution < 1.29 is 4.79 Å². The highest BCUT2D eigenvalue weighted by Gasteiger charge is 2.17. The Morgan fingerprint density at radius 2 is 2.11 bits per heavy atom. The highest BCUT2D eigenvalue weighted by atomic mass is 35.5. The first-order chi connectivity index (χ1) is 9.17. The lowest BCUT2D eigenvalue weighted by Gasteiger charge is -2.20. The lowest BCUT2D eigenvalue weighted by atomic mass is 10.1. The fourth-order valence-electron chi connectivity index (χ4n) is 2.16. The quantitative estimate of drug-likeness (QED) is 0.803. The molecule has 0 radical (unpaired) electrons. The maximum Gasteiger partial charge on any atom is 0.254 e. The summed E-state index contributed by atoms with van der Waals surface area (Å²) in [7, 11) is 0. The predicted molar refractivity (Wildman–Crippen MR) is 78.8 cm³/mol. The molecule has 0 aliphatic heterocycles. The molecular weight excluding hydrogens is 260 g/mol. The molecule has 0 atom stereocenters. The van der Waals surface area contributed by atoms with E-state index in [0.29, 0.717) is 24.5 Å². The first kappa shape index (κ1) is 13.8. The minimum absolute atomic E-state index is 0.0184. The van der Waals surface area contributed by atoms with Gasteiger partial charge >= 0.3 is 0 Å². The highest BCUT2D eigenvalue weighted by Crippen LogP contribution is 2.19. The van der Waals surface area contributed by atoms with Crippen molar-refractivity contribution in [2.45, 2.75) is 13.8 Å². The van der Waals surface area contributed by atoms with Crippen LogP contribution in [0.3, 0.4) is 0 Å². The normalized spacial score (nSPS) is 10.7. The molecule has 3 nitrogen and oxygen atoms in total. The van der Waals surface area contributed by atoms with Crippen LogP contribution >= 0.6 is 11.6 Å². The number of para-hydroxylation sites is 1. The van der Waals surface area contributed by atoms with Crippen molar-refractivity contribution in [2.24, 2.45) is 0 Å². The molecule has 0 fully saturated rings. The van der Waals surface area contributed by atoms with E-state index < -0.39 is 0 Å². The monoisotopic (exact) mass is 276 g/mol. The summed E-state index contributed by atoms with van der Waals surface area (Å²) in [5.74, 6) is 0.464. The van der Waals surface area contributed by atoms with Crippen LogP contribution in [0, 0.1) is 6.92 Å². The third kappa shape index (κ3) is 2.87. The fraction of sp³-hybridized carbons (Fsp3) is 0.333. The van der Waals surface area contributed by atoms with Crippen LogP contribution in [0.5, 0.6) is 0 Å². The van der Waals surface area contributed by atoms with Crippen molar-refractivity contribution in [2.75, 3.05) is 19.0 Å². The summed E-state index contributed by atoms with van der Waals surface area (Å²) in [5.41, 5.74) is 2.41. The average Bonchev–Trinajstić information content (AvgIpc) is 2.43. The van der Waals surface area contributed by atoms with Crippen LogP contribution < -0.4 is 0 Å². The Labute approximate surface area is 118 Å². The summed E-state index contributed by atoms with van der Waals surface area (Å²) in [6, 6.07) is 9.56. The molecule has 0 unspecified atom stereocenters. The van der Waals surface area contributed by atoms with Gasteiger partial charge in [-0.3, -0.25) is 9.78 Å². The first-order valence-electron chi connectivity index (χ1n) is 6.39. The number of rotatable bonds is 4. The van der Waals surface area contributed by atoms with Crippen molar-refractivity contribution in [3.63, 3.8) is 0 Å². The van der Waals surface area contributed by atoms with Gasteiger partial charge in [-0.15, -0.1) is 11.6 Å². The molecule has 0 N–H and O–H groups in total. The van der Waals surface area contributed by atoms with Crippen LogP contribution in [0.15, 0.2) is 30.3 Å². The van der Waals surface area contributed by atoms with E-state index in [-0.39, 0.29) is 5.91 Å². The fourth-order valence-corrected chi connectivity index (χ4v) is 2.36. The van der Waals surface area contributed by atoms with E-state index in [9.17, 15) is 4.79 Å². The van der Waals surface area contributed by atoms with Gasteiger partial charge in [0.15, 0.2) is 0 Å². The van der Waals surface area contributed by atoms with Gasteiger partial charge in [0.2, 0.25) is 0 Å². The number of carbonyl (C=O) groups is 1. The second-order valence-electron chi connectivity index (χ2n) is 4.40. The van der Waals surface area contributed by atoms with E-state index in [4.69, 9.17) is 11.6 Å². The van der Waals surface area contributed by atoms with Crippen LogP contribution in [-0.2, 0) is 0 Å². The smallest absolute Gasteiger partial charge is 0.254 e. The highest BCUT2D eigenvalue weighted by molar-refractivity contribution is 6.18. The Balaban J connectivity index is 2.52. The van der Waals surface area contributed by atoms with Gasteiger partial charge in [0.25, 0.3) is 5.91 Å². The molecule has 100 valence electrons. The number of halogens is 1. The molecule has 1 amide bonds. The number of pyridine rings is 1. The molecule has 1 aromatic carbocycles. The van der Waals surface area contributed by atoms with Gasteiger partial charge in [0, 0.05) is 30.0 Å². The second-order valence-corrected chi connectivity index (χ2v) is 4.78. The van der Waals surface area contributed by atoms with Crippen molar-refractivity contribution in [3.05, 3.63) is 41.6 Å². The minimum atomic E-state index is 0.0184. The standard InChI is InChI=1S/C15H17ClN2O/c1-3-18(9-8-16)15(19)13-10-11(2)17-14-7-5-4-6-12(13)14/h4-7,10H,3,8-9H2,1-2H3. The number of amides is 1. The van der Waals surface area contributed by atoms with Crippen LogP contribution in [0.1, 0.15) is 23.0 Å². The largest absolute Gasteiger partial charge is 0.338 e. The Hall–Kier alpha value is -1.61. The summed E-state index contributed by atoms with van der Waals surface area (Å²) in [4.78, 5) is 18.8. The SMILES string of the molecule is CCN(CCCl)C(=O)c1cc(C)nc2ccccc12. The van der Waals surface area contributed by atoms with Gasteiger partial charge in [-0.1, -0.05) is 18.2 Å². The molecule has 19 heavy (non-hydrogen) atoms. The minimum Gasteiger partial charge on any atom is -0.338 e. The van der Waals surface area contributed by atoms with Crippen molar-refractivity contribution in [1.82, 2.24) is 9.88 Å². The van der Waals surface area contributed by atoms with Gasteiger partial charge in [0.1, 0.15) is 0 Å². The summed E-state index contributed by atoms with van der Waals surface area (Å²) in [5, 5.41) is 0.895. The molecule has 1 heterocycles. The molecular formula is C15H17ClN2O. The van der Waals surface area contributed by atoms with Gasteiger partial charge in [-0.25, -0.2) is 0 Å². The molecule has 0 bridgehead atoms. The topological polar surface area (TPSA) is 33.2 Å². The van der Waals surface area contributed by atoms with Gasteiger partial charge < -0.3 is 4.90 Å². The van der Waals surface area contributed by atoms with E-state index in [2.05, 4.69) is 4.98 Å². The molecule has 2 aromatic rings. The zero-order valence-electron chi connectivity index (χ0n) is 11.2. The molecule has 0 saturated carbocycles. The number of benzene rings is 1. The number of hydrogen-bond donors (Lipinski definition) is 0. The second kappa shape index (κ2) is 6.02.